The van der Waals surface area contributed by atoms with Crippen LogP contribution in [0, 0.1) is 19.8 Å². The number of hydrogen-bond acceptors (Lipinski definition) is 9. The number of thioether (sulfide) groups is 1. The van der Waals surface area contributed by atoms with Crippen molar-refractivity contribution in [3.05, 3.63) is 70.4 Å². The first-order valence-corrected chi connectivity index (χ1v) is 15.7. The largest absolute Gasteiger partial charge is 0.493 e. The zero-order valence-electron chi connectivity index (χ0n) is 26.0. The van der Waals surface area contributed by atoms with Crippen LogP contribution in [0.1, 0.15) is 52.5 Å². The van der Waals surface area contributed by atoms with Gasteiger partial charge in [-0.25, -0.2) is 9.97 Å². The fraction of sp³-hybridized carbons (Fsp3) is 0.455. The number of methoxy groups -OCH3 is 2. The summed E-state index contributed by atoms with van der Waals surface area (Å²) in [7, 11) is 5.34. The standard InChI is InChI=1S/C33H42N4O5S/c1-7-42-32(39)27-9-8-17-37(20-27)31(38)26-13-10-25(11-14-26)21-43-33-34-23(3)22(2)30(35-33)36(4)18-16-24-12-15-28(40-5)29(19-24)41-6/h10-15,19,27H,7-9,16-18,20-21H2,1-6H3/t27-/m1/s1. The zero-order valence-corrected chi connectivity index (χ0v) is 26.8. The molecule has 2 heterocycles. The van der Waals surface area contributed by atoms with Crippen LogP contribution < -0.4 is 14.4 Å². The van der Waals surface area contributed by atoms with Gasteiger partial charge in [0.05, 0.1) is 26.7 Å². The van der Waals surface area contributed by atoms with Gasteiger partial charge in [0.2, 0.25) is 0 Å². The molecule has 1 aliphatic rings. The summed E-state index contributed by atoms with van der Waals surface area (Å²) in [6.45, 7) is 8.07. The molecular formula is C33H42N4O5S. The molecule has 1 aromatic heterocycles. The number of likely N-dealkylation sites (N-methyl/N-ethyl adjacent to an activating group) is 1. The molecule has 1 fully saturated rings. The average Bonchev–Trinajstić information content (AvgIpc) is 3.03. The summed E-state index contributed by atoms with van der Waals surface area (Å²) in [5, 5.41) is 0.717. The van der Waals surface area contributed by atoms with Gasteiger partial charge in [-0.05, 0) is 75.4 Å². The maximum Gasteiger partial charge on any atom is 0.310 e. The van der Waals surface area contributed by atoms with Crippen molar-refractivity contribution in [2.24, 2.45) is 5.92 Å². The predicted octanol–water partition coefficient (Wildman–Crippen LogP) is 5.50. The summed E-state index contributed by atoms with van der Waals surface area (Å²) in [5.41, 5.74) is 4.87. The molecule has 4 rings (SSSR count). The summed E-state index contributed by atoms with van der Waals surface area (Å²) in [5.74, 6) is 2.53. The number of rotatable bonds is 12. The molecule has 0 unspecified atom stereocenters. The third kappa shape index (κ3) is 8.19. The number of likely N-dealkylation sites (tertiary alicyclic amines) is 1. The van der Waals surface area contributed by atoms with Crippen molar-refractivity contribution in [3.63, 3.8) is 0 Å². The van der Waals surface area contributed by atoms with Crippen LogP contribution in [-0.4, -0.2) is 74.3 Å². The number of esters is 1. The van der Waals surface area contributed by atoms with E-state index in [1.54, 1.807) is 37.8 Å². The highest BCUT2D eigenvalue weighted by Crippen LogP contribution is 2.29. The van der Waals surface area contributed by atoms with Crippen LogP contribution in [0.5, 0.6) is 11.5 Å². The SMILES string of the molecule is CCOC(=O)[C@@H]1CCCN(C(=O)c2ccc(CSc3nc(C)c(C)c(N(C)CCc4ccc(OC)c(OC)c4)n3)cc2)C1. The predicted molar refractivity (Wildman–Crippen MR) is 169 cm³/mol. The summed E-state index contributed by atoms with van der Waals surface area (Å²) in [6.07, 6.45) is 2.38. The van der Waals surface area contributed by atoms with Crippen LogP contribution >= 0.6 is 11.8 Å². The van der Waals surface area contributed by atoms with Gasteiger partial charge >= 0.3 is 5.97 Å². The van der Waals surface area contributed by atoms with Crippen molar-refractivity contribution in [2.45, 2.75) is 50.9 Å². The molecule has 43 heavy (non-hydrogen) atoms. The first kappa shape index (κ1) is 32.1. The molecule has 1 amide bonds. The van der Waals surface area contributed by atoms with Gasteiger partial charge in [0.25, 0.3) is 5.91 Å². The Morgan fingerprint density at radius 1 is 1.02 bits per heavy atom. The Hall–Kier alpha value is -3.79. The van der Waals surface area contributed by atoms with Crippen molar-refractivity contribution in [1.82, 2.24) is 14.9 Å². The highest BCUT2D eigenvalue weighted by molar-refractivity contribution is 7.98. The number of benzene rings is 2. The minimum absolute atomic E-state index is 0.0496. The van der Waals surface area contributed by atoms with E-state index >= 15 is 0 Å². The van der Waals surface area contributed by atoms with Gasteiger partial charge in [-0.3, -0.25) is 9.59 Å². The first-order chi connectivity index (χ1) is 20.7. The number of ether oxygens (including phenoxy) is 3. The summed E-state index contributed by atoms with van der Waals surface area (Å²) < 4.78 is 16.0. The molecule has 0 bridgehead atoms. The molecule has 1 aliphatic heterocycles. The van der Waals surface area contributed by atoms with Gasteiger partial charge in [0.1, 0.15) is 5.82 Å². The van der Waals surface area contributed by atoms with Gasteiger partial charge in [-0.15, -0.1) is 0 Å². The van der Waals surface area contributed by atoms with Gasteiger partial charge in [-0.1, -0.05) is 30.0 Å². The Morgan fingerprint density at radius 2 is 1.74 bits per heavy atom. The van der Waals surface area contributed by atoms with E-state index in [2.05, 4.69) is 24.9 Å². The number of carbonyl (C=O) groups excluding carboxylic acids is 2. The molecule has 0 radical (unpaired) electrons. The number of anilines is 1. The Labute approximate surface area is 258 Å². The van der Waals surface area contributed by atoms with Crippen molar-refractivity contribution in [1.29, 1.82) is 0 Å². The molecular weight excluding hydrogens is 564 g/mol. The third-order valence-electron chi connectivity index (χ3n) is 7.79. The maximum absolute atomic E-state index is 13.1. The van der Waals surface area contributed by atoms with E-state index in [0.717, 1.165) is 70.7 Å². The van der Waals surface area contributed by atoms with Crippen molar-refractivity contribution in [2.75, 3.05) is 52.4 Å². The van der Waals surface area contributed by atoms with E-state index in [4.69, 9.17) is 24.2 Å². The van der Waals surface area contributed by atoms with Crippen LogP contribution in [-0.2, 0) is 21.7 Å². The summed E-state index contributed by atoms with van der Waals surface area (Å²) >= 11 is 1.58. The number of amides is 1. The molecule has 0 spiro atoms. The number of hydrogen-bond donors (Lipinski definition) is 0. The quantitative estimate of drug-likeness (QED) is 0.151. The molecule has 1 atom stereocenters. The monoisotopic (exact) mass is 606 g/mol. The van der Waals surface area contributed by atoms with Gasteiger partial charge < -0.3 is 24.0 Å². The van der Waals surface area contributed by atoms with E-state index in [-0.39, 0.29) is 17.8 Å². The van der Waals surface area contributed by atoms with E-state index in [1.165, 1.54) is 0 Å². The van der Waals surface area contributed by atoms with Crippen molar-refractivity contribution in [3.8, 4) is 11.5 Å². The van der Waals surface area contributed by atoms with Crippen LogP contribution in [0.15, 0.2) is 47.6 Å². The topological polar surface area (TPSA) is 94.1 Å². The molecule has 0 N–H and O–H groups in total. The lowest BCUT2D eigenvalue weighted by molar-refractivity contribution is -0.149. The van der Waals surface area contributed by atoms with Crippen LogP contribution in [0.3, 0.4) is 0 Å². The number of aromatic nitrogens is 2. The van der Waals surface area contributed by atoms with Crippen LogP contribution in [0.25, 0.3) is 0 Å². The number of nitrogens with zero attached hydrogens (tertiary/aromatic N) is 4. The second-order valence-corrected chi connectivity index (χ2v) is 11.7. The number of aryl methyl sites for hydroxylation is 1. The Balaban J connectivity index is 1.36. The first-order valence-electron chi connectivity index (χ1n) is 14.7. The third-order valence-corrected chi connectivity index (χ3v) is 8.70. The van der Waals surface area contributed by atoms with Crippen molar-refractivity contribution < 1.29 is 23.8 Å². The number of piperidine rings is 1. The van der Waals surface area contributed by atoms with Crippen LogP contribution in [0.2, 0.25) is 0 Å². The number of carbonyl (C=O) groups is 2. The lowest BCUT2D eigenvalue weighted by Gasteiger charge is -2.31. The summed E-state index contributed by atoms with van der Waals surface area (Å²) in [6, 6.07) is 13.7. The maximum atomic E-state index is 13.1. The molecule has 1 saturated heterocycles. The van der Waals surface area contributed by atoms with E-state index in [1.807, 2.05) is 43.3 Å². The fourth-order valence-electron chi connectivity index (χ4n) is 5.15. The fourth-order valence-corrected chi connectivity index (χ4v) is 5.99. The summed E-state index contributed by atoms with van der Waals surface area (Å²) in [4.78, 5) is 38.9. The normalized spacial score (nSPS) is 14.7. The lowest BCUT2D eigenvalue weighted by Crippen LogP contribution is -2.42. The zero-order chi connectivity index (χ0) is 30.9. The molecule has 2 aromatic carbocycles. The average molecular weight is 607 g/mol. The van der Waals surface area contributed by atoms with Gasteiger partial charge in [0.15, 0.2) is 16.7 Å². The second kappa shape index (κ2) is 15.1. The Kier molecular flexibility index (Phi) is 11.3. The molecule has 0 aliphatic carbocycles. The molecule has 10 heteroatoms. The van der Waals surface area contributed by atoms with E-state index in [9.17, 15) is 9.59 Å². The minimum Gasteiger partial charge on any atom is -0.493 e. The highest BCUT2D eigenvalue weighted by atomic mass is 32.2. The van der Waals surface area contributed by atoms with E-state index in [0.29, 0.717) is 31.0 Å². The van der Waals surface area contributed by atoms with Crippen molar-refractivity contribution >= 4 is 29.5 Å². The van der Waals surface area contributed by atoms with E-state index < -0.39 is 0 Å². The van der Waals surface area contributed by atoms with Crippen LogP contribution in [0.4, 0.5) is 5.82 Å². The molecule has 230 valence electrons. The molecule has 0 saturated carbocycles. The smallest absolute Gasteiger partial charge is 0.310 e. The van der Waals surface area contributed by atoms with Gasteiger partial charge in [-0.2, -0.15) is 0 Å². The highest BCUT2D eigenvalue weighted by Gasteiger charge is 2.29. The Morgan fingerprint density at radius 3 is 2.44 bits per heavy atom. The molecule has 9 nitrogen and oxygen atoms in total. The molecule has 3 aromatic rings. The second-order valence-electron chi connectivity index (χ2n) is 10.7. The van der Waals surface area contributed by atoms with Gasteiger partial charge in [0, 0.05) is 49.3 Å². The Bertz CT molecular complexity index is 1420. The minimum atomic E-state index is -0.249. The lowest BCUT2D eigenvalue weighted by atomic mass is 9.97.